The number of hydrogen-bond acceptors (Lipinski definition) is 3. The highest BCUT2D eigenvalue weighted by molar-refractivity contribution is 5.73. The van der Waals surface area contributed by atoms with Gasteiger partial charge in [0, 0.05) is 12.5 Å². The summed E-state index contributed by atoms with van der Waals surface area (Å²) in [6.45, 7) is 2.01. The highest BCUT2D eigenvalue weighted by Gasteiger charge is 2.22. The maximum absolute atomic E-state index is 11.0. The van der Waals surface area contributed by atoms with Crippen molar-refractivity contribution in [3.8, 4) is 11.5 Å². The molecule has 0 fully saturated rings. The fourth-order valence-electron chi connectivity index (χ4n) is 1.94. The van der Waals surface area contributed by atoms with E-state index in [1.54, 1.807) is 7.11 Å². The molecule has 0 aromatic heterocycles. The molecule has 1 aromatic rings. The van der Waals surface area contributed by atoms with Crippen LogP contribution in [0.5, 0.6) is 11.5 Å². The van der Waals surface area contributed by atoms with Crippen LogP contribution in [0.3, 0.4) is 0 Å². The van der Waals surface area contributed by atoms with Crippen molar-refractivity contribution in [2.24, 2.45) is 0 Å². The second kappa shape index (κ2) is 4.43. The summed E-state index contributed by atoms with van der Waals surface area (Å²) in [5.74, 6) is 1.52. The molecule has 0 unspecified atom stereocenters. The Hall–Kier alpha value is -1.71. The van der Waals surface area contributed by atoms with E-state index in [-0.39, 0.29) is 11.9 Å². The Bertz CT molecular complexity index is 403. The van der Waals surface area contributed by atoms with Crippen LogP contribution in [0.25, 0.3) is 0 Å². The van der Waals surface area contributed by atoms with Gasteiger partial charge >= 0.3 is 0 Å². The molecule has 0 saturated heterocycles. The second-order valence-corrected chi connectivity index (χ2v) is 3.86. The first-order valence-electron chi connectivity index (χ1n) is 5.26. The van der Waals surface area contributed by atoms with Crippen LogP contribution in [-0.2, 0) is 11.2 Å². The molecule has 0 saturated carbocycles. The molecular formula is C12H15NO3. The molecule has 1 N–H and O–H groups in total. The third kappa shape index (κ3) is 2.10. The van der Waals surface area contributed by atoms with E-state index < -0.39 is 0 Å². The van der Waals surface area contributed by atoms with Gasteiger partial charge in [0.2, 0.25) is 5.91 Å². The van der Waals surface area contributed by atoms with Crippen molar-refractivity contribution in [2.45, 2.75) is 19.4 Å². The number of benzene rings is 1. The summed E-state index contributed by atoms with van der Waals surface area (Å²) in [4.78, 5) is 11.0. The van der Waals surface area contributed by atoms with Crippen molar-refractivity contribution in [3.05, 3.63) is 23.8 Å². The summed E-state index contributed by atoms with van der Waals surface area (Å²) in [7, 11) is 1.62. The number of para-hydroxylation sites is 1. The molecule has 1 amide bonds. The number of nitrogens with one attached hydrogen (secondary N) is 1. The number of rotatable bonds is 2. The highest BCUT2D eigenvalue weighted by Crippen LogP contribution is 2.34. The predicted octanol–water partition coefficient (Wildman–Crippen LogP) is 1.13. The molecular weight excluding hydrogens is 206 g/mol. The predicted molar refractivity (Wildman–Crippen MR) is 59.8 cm³/mol. The zero-order valence-corrected chi connectivity index (χ0v) is 9.45. The van der Waals surface area contributed by atoms with Crippen molar-refractivity contribution in [1.29, 1.82) is 0 Å². The summed E-state index contributed by atoms with van der Waals surface area (Å²) < 4.78 is 10.8. The van der Waals surface area contributed by atoms with Crippen LogP contribution >= 0.6 is 0 Å². The Morgan fingerprint density at radius 3 is 3.06 bits per heavy atom. The molecule has 1 aromatic carbocycles. The third-order valence-corrected chi connectivity index (χ3v) is 2.58. The van der Waals surface area contributed by atoms with Gasteiger partial charge in [-0.25, -0.2) is 0 Å². The Morgan fingerprint density at radius 2 is 2.38 bits per heavy atom. The number of methoxy groups -OCH3 is 1. The number of fused-ring (bicyclic) bond motifs is 1. The second-order valence-electron chi connectivity index (χ2n) is 3.86. The molecule has 1 aliphatic rings. The smallest absolute Gasteiger partial charge is 0.217 e. The first-order chi connectivity index (χ1) is 7.70. The summed E-state index contributed by atoms with van der Waals surface area (Å²) in [6, 6.07) is 5.85. The lowest BCUT2D eigenvalue weighted by Gasteiger charge is -2.26. The molecule has 4 nitrogen and oxygen atoms in total. The molecule has 0 spiro atoms. The lowest BCUT2D eigenvalue weighted by Crippen LogP contribution is -2.41. The van der Waals surface area contributed by atoms with Crippen LogP contribution in [0.1, 0.15) is 12.5 Å². The summed E-state index contributed by atoms with van der Waals surface area (Å²) in [5, 5.41) is 2.86. The molecule has 16 heavy (non-hydrogen) atoms. The van der Waals surface area contributed by atoms with Gasteiger partial charge < -0.3 is 14.8 Å². The van der Waals surface area contributed by atoms with Crippen molar-refractivity contribution in [2.75, 3.05) is 13.7 Å². The molecule has 0 radical (unpaired) electrons. The average molecular weight is 221 g/mol. The zero-order valence-electron chi connectivity index (χ0n) is 9.45. The lowest BCUT2D eigenvalue weighted by atomic mass is 10.0. The molecule has 1 atom stereocenters. The van der Waals surface area contributed by atoms with Crippen molar-refractivity contribution in [1.82, 2.24) is 5.32 Å². The standard InChI is InChI=1S/C12H15NO3/c1-8(14)13-10-6-9-4-3-5-11(15-2)12(9)16-7-10/h3-5,10H,6-7H2,1-2H3,(H,13,14)/t10-/m0/s1. The Balaban J connectivity index is 2.18. The van der Waals surface area contributed by atoms with E-state index in [9.17, 15) is 4.79 Å². The zero-order chi connectivity index (χ0) is 11.5. The Kier molecular flexibility index (Phi) is 2.99. The van der Waals surface area contributed by atoms with Crippen molar-refractivity contribution < 1.29 is 14.3 Å². The summed E-state index contributed by atoms with van der Waals surface area (Å²) in [5.41, 5.74) is 1.07. The minimum Gasteiger partial charge on any atom is -0.493 e. The highest BCUT2D eigenvalue weighted by atomic mass is 16.5. The van der Waals surface area contributed by atoms with E-state index in [1.165, 1.54) is 6.92 Å². The van der Waals surface area contributed by atoms with Gasteiger partial charge in [0.25, 0.3) is 0 Å². The topological polar surface area (TPSA) is 47.6 Å². The Labute approximate surface area is 94.6 Å². The molecule has 4 heteroatoms. The van der Waals surface area contributed by atoms with Gasteiger partial charge in [-0.3, -0.25) is 4.79 Å². The normalized spacial score (nSPS) is 18.2. The number of carbonyl (C=O) groups is 1. The van der Waals surface area contributed by atoms with E-state index in [0.29, 0.717) is 6.61 Å². The average Bonchev–Trinajstić information content (AvgIpc) is 2.27. The fraction of sp³-hybridized carbons (Fsp3) is 0.417. The maximum Gasteiger partial charge on any atom is 0.217 e. The van der Waals surface area contributed by atoms with Gasteiger partial charge in [-0.1, -0.05) is 12.1 Å². The number of hydrogen-bond donors (Lipinski definition) is 1. The third-order valence-electron chi connectivity index (χ3n) is 2.58. The molecule has 1 heterocycles. The molecule has 2 rings (SSSR count). The molecule has 86 valence electrons. The quantitative estimate of drug-likeness (QED) is 0.814. The SMILES string of the molecule is COc1cccc2c1OC[C@@H](NC(C)=O)C2. The monoisotopic (exact) mass is 221 g/mol. The van der Waals surface area contributed by atoms with E-state index in [0.717, 1.165) is 23.5 Å². The van der Waals surface area contributed by atoms with E-state index in [2.05, 4.69) is 5.32 Å². The maximum atomic E-state index is 11.0. The largest absolute Gasteiger partial charge is 0.493 e. The van der Waals surface area contributed by atoms with Crippen LogP contribution in [0, 0.1) is 0 Å². The number of ether oxygens (including phenoxy) is 2. The number of carbonyl (C=O) groups excluding carboxylic acids is 1. The number of amides is 1. The first kappa shape index (κ1) is 10.8. The van der Waals surface area contributed by atoms with E-state index in [4.69, 9.17) is 9.47 Å². The lowest BCUT2D eigenvalue weighted by molar-refractivity contribution is -0.119. The minimum absolute atomic E-state index is 0.0278. The first-order valence-corrected chi connectivity index (χ1v) is 5.26. The van der Waals surface area contributed by atoms with Gasteiger partial charge in [-0.15, -0.1) is 0 Å². The van der Waals surface area contributed by atoms with Crippen LogP contribution < -0.4 is 14.8 Å². The summed E-state index contributed by atoms with van der Waals surface area (Å²) >= 11 is 0. The molecule has 0 bridgehead atoms. The van der Waals surface area contributed by atoms with Crippen LogP contribution in [0.2, 0.25) is 0 Å². The van der Waals surface area contributed by atoms with Crippen LogP contribution in [-0.4, -0.2) is 25.7 Å². The van der Waals surface area contributed by atoms with Gasteiger partial charge in [0.05, 0.1) is 13.2 Å². The van der Waals surface area contributed by atoms with Crippen molar-refractivity contribution >= 4 is 5.91 Å². The van der Waals surface area contributed by atoms with Gasteiger partial charge in [-0.05, 0) is 12.5 Å². The Morgan fingerprint density at radius 1 is 1.56 bits per heavy atom. The van der Waals surface area contributed by atoms with Gasteiger partial charge in [0.15, 0.2) is 11.5 Å². The molecule has 0 aliphatic carbocycles. The van der Waals surface area contributed by atoms with E-state index >= 15 is 0 Å². The minimum atomic E-state index is -0.0278. The van der Waals surface area contributed by atoms with Gasteiger partial charge in [0.1, 0.15) is 6.61 Å². The van der Waals surface area contributed by atoms with E-state index in [1.807, 2.05) is 18.2 Å². The van der Waals surface area contributed by atoms with Crippen molar-refractivity contribution in [3.63, 3.8) is 0 Å². The summed E-state index contributed by atoms with van der Waals surface area (Å²) in [6.07, 6.45) is 0.784. The van der Waals surface area contributed by atoms with Gasteiger partial charge in [-0.2, -0.15) is 0 Å². The van der Waals surface area contributed by atoms with Crippen LogP contribution in [0.15, 0.2) is 18.2 Å². The molecule has 1 aliphatic heterocycles. The van der Waals surface area contributed by atoms with Crippen LogP contribution in [0.4, 0.5) is 0 Å². The fourth-order valence-corrected chi connectivity index (χ4v) is 1.94.